The van der Waals surface area contributed by atoms with Gasteiger partial charge in [0.1, 0.15) is 5.76 Å². The Morgan fingerprint density at radius 3 is 2.62 bits per heavy atom. The number of furan rings is 1. The summed E-state index contributed by atoms with van der Waals surface area (Å²) in [5.41, 5.74) is 1.84. The molecular weight excluding hydrogens is 332 g/mol. The Morgan fingerprint density at radius 1 is 1.19 bits per heavy atom. The van der Waals surface area contributed by atoms with Crippen LogP contribution >= 0.6 is 0 Å². The van der Waals surface area contributed by atoms with Gasteiger partial charge in [-0.05, 0) is 44.9 Å². The molecule has 26 heavy (non-hydrogen) atoms. The lowest BCUT2D eigenvalue weighted by atomic mass is 10.0. The van der Waals surface area contributed by atoms with E-state index in [9.17, 15) is 4.79 Å². The first kappa shape index (κ1) is 18.2. The van der Waals surface area contributed by atoms with Crippen molar-refractivity contribution in [2.75, 3.05) is 32.6 Å². The summed E-state index contributed by atoms with van der Waals surface area (Å²) in [5, 5.41) is 3.50. The number of carbonyl (C=O) groups excluding carboxylic acids is 1. The predicted molar refractivity (Wildman–Crippen MR) is 100 cm³/mol. The van der Waals surface area contributed by atoms with Gasteiger partial charge in [0.25, 0.3) is 5.91 Å². The number of benzene rings is 1. The fourth-order valence-electron chi connectivity index (χ4n) is 3.44. The minimum Gasteiger partial charge on any atom is -0.493 e. The molecule has 1 amide bonds. The normalized spacial score (nSPS) is 17.1. The molecular formula is C20H26N2O4. The molecule has 0 spiro atoms. The van der Waals surface area contributed by atoms with Crippen molar-refractivity contribution in [2.24, 2.45) is 0 Å². The lowest BCUT2D eigenvalue weighted by Gasteiger charge is -2.33. The average Bonchev–Trinajstić information content (AvgIpc) is 2.99. The van der Waals surface area contributed by atoms with Crippen LogP contribution in [-0.2, 0) is 0 Å². The van der Waals surface area contributed by atoms with Crippen LogP contribution in [0.4, 0.5) is 5.69 Å². The first-order valence-corrected chi connectivity index (χ1v) is 8.86. The molecule has 2 heterocycles. The molecule has 3 rings (SSSR count). The maximum absolute atomic E-state index is 12.8. The molecule has 0 aliphatic carbocycles. The van der Waals surface area contributed by atoms with Crippen molar-refractivity contribution in [3.63, 3.8) is 0 Å². The molecule has 1 aliphatic rings. The molecule has 1 fully saturated rings. The van der Waals surface area contributed by atoms with E-state index in [1.54, 1.807) is 14.2 Å². The van der Waals surface area contributed by atoms with Gasteiger partial charge >= 0.3 is 0 Å². The number of rotatable bonds is 5. The van der Waals surface area contributed by atoms with Crippen LogP contribution in [-0.4, -0.2) is 44.2 Å². The minimum atomic E-state index is -0.0330. The van der Waals surface area contributed by atoms with Crippen LogP contribution in [0.3, 0.4) is 0 Å². The highest BCUT2D eigenvalue weighted by atomic mass is 16.5. The van der Waals surface area contributed by atoms with Crippen LogP contribution in [0.15, 0.2) is 28.7 Å². The Kier molecular flexibility index (Phi) is 5.40. The Labute approximate surface area is 154 Å². The van der Waals surface area contributed by atoms with Gasteiger partial charge in [-0.1, -0.05) is 0 Å². The molecule has 2 aromatic rings. The maximum Gasteiger partial charge on any atom is 0.289 e. The van der Waals surface area contributed by atoms with Crippen molar-refractivity contribution < 1.29 is 18.7 Å². The number of carbonyl (C=O) groups is 1. The first-order chi connectivity index (χ1) is 12.5. The smallest absolute Gasteiger partial charge is 0.289 e. The highest BCUT2D eigenvalue weighted by Gasteiger charge is 2.27. The van der Waals surface area contributed by atoms with E-state index in [0.29, 0.717) is 23.8 Å². The van der Waals surface area contributed by atoms with Crippen LogP contribution in [0.5, 0.6) is 11.5 Å². The van der Waals surface area contributed by atoms with E-state index in [0.717, 1.165) is 36.4 Å². The molecule has 6 nitrogen and oxygen atoms in total. The van der Waals surface area contributed by atoms with E-state index in [4.69, 9.17) is 13.9 Å². The fourth-order valence-corrected chi connectivity index (χ4v) is 3.44. The zero-order valence-corrected chi connectivity index (χ0v) is 15.8. The number of nitrogens with one attached hydrogen (secondary N) is 1. The van der Waals surface area contributed by atoms with Gasteiger partial charge in [-0.25, -0.2) is 0 Å². The zero-order valence-electron chi connectivity index (χ0n) is 15.8. The van der Waals surface area contributed by atoms with Crippen molar-refractivity contribution in [2.45, 2.75) is 32.7 Å². The third kappa shape index (κ3) is 3.79. The highest BCUT2D eigenvalue weighted by Crippen LogP contribution is 2.30. The fraction of sp³-hybridized carbons (Fsp3) is 0.450. The summed E-state index contributed by atoms with van der Waals surface area (Å²) < 4.78 is 16.2. The number of nitrogens with zero attached hydrogens (tertiary/aromatic N) is 1. The van der Waals surface area contributed by atoms with Gasteiger partial charge in [-0.15, -0.1) is 0 Å². The van der Waals surface area contributed by atoms with Gasteiger partial charge in [0, 0.05) is 36.4 Å². The zero-order chi connectivity index (χ0) is 18.7. The van der Waals surface area contributed by atoms with E-state index < -0.39 is 0 Å². The Morgan fingerprint density at radius 2 is 1.96 bits per heavy atom. The third-order valence-corrected chi connectivity index (χ3v) is 4.70. The highest BCUT2D eigenvalue weighted by molar-refractivity contribution is 5.93. The number of ether oxygens (including phenoxy) is 2. The van der Waals surface area contributed by atoms with Gasteiger partial charge in [-0.3, -0.25) is 4.79 Å². The second kappa shape index (κ2) is 7.72. The van der Waals surface area contributed by atoms with Gasteiger partial charge in [0.05, 0.1) is 14.2 Å². The SMILES string of the molecule is COc1ccc(N[C@H]2CCCN(C(=O)c3oc(C)cc3C)C2)cc1OC. The molecule has 0 saturated carbocycles. The van der Waals surface area contributed by atoms with Crippen molar-refractivity contribution in [3.05, 3.63) is 41.3 Å². The number of methoxy groups -OCH3 is 2. The Bertz CT molecular complexity index is 784. The molecule has 1 aromatic heterocycles. The van der Waals surface area contributed by atoms with Crippen LogP contribution in [0.2, 0.25) is 0 Å². The minimum absolute atomic E-state index is 0.0330. The summed E-state index contributed by atoms with van der Waals surface area (Å²) in [4.78, 5) is 14.7. The van der Waals surface area contributed by atoms with Crippen molar-refractivity contribution in [3.8, 4) is 11.5 Å². The molecule has 1 aromatic carbocycles. The number of anilines is 1. The average molecular weight is 358 g/mol. The molecule has 0 radical (unpaired) electrons. The quantitative estimate of drug-likeness (QED) is 0.884. The second-order valence-electron chi connectivity index (χ2n) is 6.67. The molecule has 1 aliphatic heterocycles. The van der Waals surface area contributed by atoms with Crippen LogP contribution in [0.25, 0.3) is 0 Å². The maximum atomic E-state index is 12.8. The van der Waals surface area contributed by atoms with E-state index in [1.165, 1.54) is 0 Å². The summed E-state index contributed by atoms with van der Waals surface area (Å²) >= 11 is 0. The van der Waals surface area contributed by atoms with E-state index in [2.05, 4.69) is 5.32 Å². The monoisotopic (exact) mass is 358 g/mol. The molecule has 0 unspecified atom stereocenters. The van der Waals surface area contributed by atoms with E-state index in [1.807, 2.05) is 43.0 Å². The van der Waals surface area contributed by atoms with Gasteiger partial charge in [-0.2, -0.15) is 0 Å². The lowest BCUT2D eigenvalue weighted by molar-refractivity contribution is 0.0680. The largest absolute Gasteiger partial charge is 0.493 e. The third-order valence-electron chi connectivity index (χ3n) is 4.70. The van der Waals surface area contributed by atoms with Crippen molar-refractivity contribution in [1.82, 2.24) is 4.90 Å². The van der Waals surface area contributed by atoms with E-state index >= 15 is 0 Å². The summed E-state index contributed by atoms with van der Waals surface area (Å²) in [6, 6.07) is 7.84. The van der Waals surface area contributed by atoms with Crippen molar-refractivity contribution >= 4 is 11.6 Å². The Hall–Kier alpha value is -2.63. The molecule has 0 bridgehead atoms. The number of amides is 1. The van der Waals surface area contributed by atoms with E-state index in [-0.39, 0.29) is 11.9 Å². The first-order valence-electron chi connectivity index (χ1n) is 8.86. The van der Waals surface area contributed by atoms with Crippen molar-refractivity contribution in [1.29, 1.82) is 0 Å². The topological polar surface area (TPSA) is 63.9 Å². The number of hydrogen-bond donors (Lipinski definition) is 1. The standard InChI is InChI=1S/C20H26N2O4/c1-13-10-14(2)26-19(13)20(23)22-9-5-6-16(12-22)21-15-7-8-17(24-3)18(11-15)25-4/h7-8,10-11,16,21H,5-6,9,12H2,1-4H3/t16-/m0/s1. The number of piperidine rings is 1. The number of likely N-dealkylation sites (tertiary alicyclic amines) is 1. The summed E-state index contributed by atoms with van der Waals surface area (Å²) in [6.07, 6.45) is 1.96. The lowest BCUT2D eigenvalue weighted by Crippen LogP contribution is -2.45. The van der Waals surface area contributed by atoms with Gasteiger partial charge in [0.2, 0.25) is 0 Å². The summed E-state index contributed by atoms with van der Waals surface area (Å²) in [6.45, 7) is 5.17. The van der Waals surface area contributed by atoms with Crippen LogP contribution < -0.4 is 14.8 Å². The van der Waals surface area contributed by atoms with Gasteiger partial charge in [0.15, 0.2) is 17.3 Å². The molecule has 1 saturated heterocycles. The predicted octanol–water partition coefficient (Wildman–Crippen LogP) is 3.63. The van der Waals surface area contributed by atoms with Gasteiger partial charge < -0.3 is 24.1 Å². The second-order valence-corrected chi connectivity index (χ2v) is 6.67. The summed E-state index contributed by atoms with van der Waals surface area (Å²) in [5.74, 6) is 2.57. The van der Waals surface area contributed by atoms with Crippen LogP contribution in [0.1, 0.15) is 34.7 Å². The molecule has 140 valence electrons. The number of hydrogen-bond acceptors (Lipinski definition) is 5. The summed E-state index contributed by atoms with van der Waals surface area (Å²) in [7, 11) is 3.24. The number of aryl methyl sites for hydroxylation is 2. The molecule has 1 atom stereocenters. The molecule has 6 heteroatoms. The Balaban J connectivity index is 1.69. The van der Waals surface area contributed by atoms with Crippen LogP contribution in [0, 0.1) is 13.8 Å². The molecule has 1 N–H and O–H groups in total.